The van der Waals surface area contributed by atoms with Crippen LogP contribution >= 0.6 is 0 Å². The van der Waals surface area contributed by atoms with Crippen molar-refractivity contribution in [1.29, 1.82) is 0 Å². The van der Waals surface area contributed by atoms with Crippen LogP contribution in [-0.4, -0.2) is 4.44 Å². The summed E-state index contributed by atoms with van der Waals surface area (Å²) in [5.41, 5.74) is 1.07. The van der Waals surface area contributed by atoms with Gasteiger partial charge in [0.25, 0.3) is 0 Å². The molecule has 1 aliphatic heterocycles. The van der Waals surface area contributed by atoms with Crippen LogP contribution in [0.2, 0.25) is 0 Å². The molecule has 1 rings (SSSR count). The first kappa shape index (κ1) is 7.96. The van der Waals surface area contributed by atoms with Crippen molar-refractivity contribution >= 4 is 0 Å². The van der Waals surface area contributed by atoms with Crippen molar-refractivity contribution < 1.29 is 16.0 Å². The van der Waals surface area contributed by atoms with E-state index in [2.05, 4.69) is 40.1 Å². The second-order valence-electron chi connectivity index (χ2n) is 2.34. The van der Waals surface area contributed by atoms with Gasteiger partial charge in [0.05, 0.1) is 0 Å². The van der Waals surface area contributed by atoms with Gasteiger partial charge in [0.15, 0.2) is 0 Å². The fraction of sp³-hybridized carbons (Fsp3) is 0.714. The van der Waals surface area contributed by atoms with Crippen LogP contribution in [0.4, 0.5) is 0 Å². The molecular weight excluding hydrogens is 168 g/mol. The quantitative estimate of drug-likeness (QED) is 0.581. The van der Waals surface area contributed by atoms with Crippen molar-refractivity contribution in [3.8, 4) is 0 Å². The molecule has 0 amide bonds. The Morgan fingerprint density at radius 1 is 1.60 bits per heavy atom. The van der Waals surface area contributed by atoms with Gasteiger partial charge in [-0.15, -0.1) is 0 Å². The van der Waals surface area contributed by atoms with E-state index in [1.54, 1.807) is 0 Å². The van der Waals surface area contributed by atoms with E-state index in [1.165, 1.54) is 0 Å². The number of allylic oxidation sites excluding steroid dienone is 1. The van der Waals surface area contributed by atoms with Crippen LogP contribution in [0.15, 0.2) is 22.0 Å². The summed E-state index contributed by atoms with van der Waals surface area (Å²) >= 11 is 3.95. The van der Waals surface area contributed by atoms with Crippen LogP contribution in [0.5, 0.6) is 0 Å². The Hall–Kier alpha value is -0.141. The van der Waals surface area contributed by atoms with Gasteiger partial charge in [-0.1, -0.05) is 0 Å². The van der Waals surface area contributed by atoms with Crippen molar-refractivity contribution in [2.24, 2.45) is 10.2 Å². The summed E-state index contributed by atoms with van der Waals surface area (Å²) in [5.74, 6) is 0. The SMILES string of the molecule is CCC1=C[C]([Fe])(CC)N=N1. The molecule has 2 nitrogen and oxygen atoms in total. The first-order valence-corrected chi connectivity index (χ1v) is 4.07. The monoisotopic (exact) mass is 179 g/mol. The third-order valence-corrected chi connectivity index (χ3v) is 2.24. The molecule has 0 spiro atoms. The Morgan fingerprint density at radius 2 is 2.30 bits per heavy atom. The fourth-order valence-electron chi connectivity index (χ4n) is 0.801. The van der Waals surface area contributed by atoms with Gasteiger partial charge in [-0.2, -0.15) is 0 Å². The van der Waals surface area contributed by atoms with Crippen molar-refractivity contribution in [2.45, 2.75) is 31.1 Å². The second kappa shape index (κ2) is 2.85. The molecule has 0 saturated carbocycles. The second-order valence-corrected chi connectivity index (χ2v) is 3.30. The Balaban J connectivity index is 2.73. The number of nitrogens with zero attached hydrogens (tertiary/aromatic N) is 2. The molecule has 1 atom stereocenters. The van der Waals surface area contributed by atoms with Crippen LogP contribution in [0.1, 0.15) is 26.7 Å². The Labute approximate surface area is 69.6 Å². The van der Waals surface area contributed by atoms with E-state index in [9.17, 15) is 0 Å². The minimum absolute atomic E-state index is 0.245. The summed E-state index contributed by atoms with van der Waals surface area (Å²) in [6.07, 6.45) is 3.94. The molecule has 0 fully saturated rings. The molecule has 10 heavy (non-hydrogen) atoms. The molecule has 57 valence electrons. The van der Waals surface area contributed by atoms with E-state index in [4.69, 9.17) is 0 Å². The van der Waals surface area contributed by atoms with Crippen LogP contribution in [0.3, 0.4) is 0 Å². The molecule has 1 aliphatic rings. The van der Waals surface area contributed by atoms with Gasteiger partial charge in [-0.05, 0) is 0 Å². The summed E-state index contributed by atoms with van der Waals surface area (Å²) < 4.78 is -0.245. The van der Waals surface area contributed by atoms with Crippen molar-refractivity contribution in [3.05, 3.63) is 11.8 Å². The van der Waals surface area contributed by atoms with Crippen molar-refractivity contribution in [3.63, 3.8) is 0 Å². The van der Waals surface area contributed by atoms with Gasteiger partial charge < -0.3 is 0 Å². The third-order valence-electron chi connectivity index (χ3n) is 1.58. The zero-order valence-corrected chi connectivity index (χ0v) is 7.34. The van der Waals surface area contributed by atoms with E-state index in [1.807, 2.05) is 6.08 Å². The Kier molecular flexibility index (Phi) is 2.27. The van der Waals surface area contributed by atoms with Gasteiger partial charge in [-0.3, -0.25) is 0 Å². The molecule has 1 heterocycles. The van der Waals surface area contributed by atoms with E-state index in [-0.39, 0.29) is 4.44 Å². The molecule has 0 radical (unpaired) electrons. The molecule has 0 aromatic heterocycles. The number of hydrogen-bond donors (Lipinski definition) is 0. The molecule has 0 aromatic rings. The molecular formula is C7H11FeN2. The molecule has 0 saturated heterocycles. The Bertz CT molecular complexity index is 186. The predicted molar refractivity (Wildman–Crippen MR) is 36.3 cm³/mol. The van der Waals surface area contributed by atoms with Gasteiger partial charge >= 0.3 is 69.1 Å². The number of hydrogen-bond acceptors (Lipinski definition) is 2. The molecule has 3 heteroatoms. The molecule has 1 unspecified atom stereocenters. The van der Waals surface area contributed by atoms with Crippen LogP contribution in [-0.2, 0) is 16.0 Å². The Morgan fingerprint density at radius 3 is 2.60 bits per heavy atom. The summed E-state index contributed by atoms with van der Waals surface area (Å²) in [5, 5.41) is 8.06. The van der Waals surface area contributed by atoms with Crippen molar-refractivity contribution in [1.82, 2.24) is 0 Å². The molecule has 0 bridgehead atoms. The number of azo groups is 1. The first-order valence-electron chi connectivity index (χ1n) is 3.52. The third kappa shape index (κ3) is 1.47. The summed E-state index contributed by atoms with van der Waals surface area (Å²) in [6.45, 7) is 4.15. The minimum atomic E-state index is -0.245. The fourth-order valence-corrected chi connectivity index (χ4v) is 1.04. The van der Waals surface area contributed by atoms with Crippen LogP contribution < -0.4 is 0 Å². The van der Waals surface area contributed by atoms with Crippen LogP contribution in [0.25, 0.3) is 0 Å². The molecule has 0 aliphatic carbocycles. The zero-order chi connectivity index (χ0) is 7.61. The average molecular weight is 179 g/mol. The van der Waals surface area contributed by atoms with Crippen LogP contribution in [0, 0.1) is 0 Å². The average Bonchev–Trinajstić information content (AvgIpc) is 2.33. The maximum atomic E-state index is 4.06. The van der Waals surface area contributed by atoms with E-state index >= 15 is 0 Å². The molecule has 0 N–H and O–H groups in total. The topological polar surface area (TPSA) is 24.7 Å². The van der Waals surface area contributed by atoms with E-state index in [0.717, 1.165) is 18.5 Å². The normalized spacial score (nSPS) is 30.9. The van der Waals surface area contributed by atoms with E-state index < -0.39 is 0 Å². The van der Waals surface area contributed by atoms with Gasteiger partial charge in [0.1, 0.15) is 0 Å². The van der Waals surface area contributed by atoms with Gasteiger partial charge in [0.2, 0.25) is 0 Å². The maximum absolute atomic E-state index is 4.06. The van der Waals surface area contributed by atoms with Gasteiger partial charge in [-0.25, -0.2) is 0 Å². The first-order chi connectivity index (χ1) is 4.70. The van der Waals surface area contributed by atoms with E-state index in [0.29, 0.717) is 0 Å². The summed E-state index contributed by atoms with van der Waals surface area (Å²) in [7, 11) is 0. The standard InChI is InChI=1S/C7H11N2.Fe/c1-3-6-5-7(4-2)9-8-6;/h5H,3-4H2,1-2H3;. The zero-order valence-electron chi connectivity index (χ0n) is 6.24. The van der Waals surface area contributed by atoms with Gasteiger partial charge in [0, 0.05) is 0 Å². The number of rotatable bonds is 2. The van der Waals surface area contributed by atoms with Crippen molar-refractivity contribution in [2.75, 3.05) is 0 Å². The summed E-state index contributed by atoms with van der Waals surface area (Å²) in [6, 6.07) is 0. The molecule has 0 aromatic carbocycles. The predicted octanol–water partition coefficient (Wildman–Crippen LogP) is 2.40. The summed E-state index contributed by atoms with van der Waals surface area (Å²) in [4.78, 5) is 0.